The summed E-state index contributed by atoms with van der Waals surface area (Å²) in [5.74, 6) is 0. The highest BCUT2D eigenvalue weighted by molar-refractivity contribution is 5.83. The van der Waals surface area contributed by atoms with Gasteiger partial charge in [0.05, 0.1) is 23.3 Å². The number of aliphatic hydroxyl groups excluding tert-OH is 1. The maximum Gasteiger partial charge on any atom is 0.0991 e. The molecular weight excluding hydrogens is 276 g/mol. The topological polar surface area (TPSA) is 86.2 Å². The first kappa shape index (κ1) is 14.9. The number of benzene rings is 1. The van der Waals surface area contributed by atoms with Crippen molar-refractivity contribution in [2.24, 2.45) is 5.73 Å². The van der Waals surface area contributed by atoms with Crippen molar-refractivity contribution in [3.05, 3.63) is 41.6 Å². The number of aromatic nitrogens is 1. The van der Waals surface area contributed by atoms with Crippen LogP contribution in [0.3, 0.4) is 0 Å². The Bertz CT molecular complexity index is 709. The van der Waals surface area contributed by atoms with Crippen LogP contribution in [-0.4, -0.2) is 46.8 Å². The Morgan fingerprint density at radius 2 is 2.27 bits per heavy atom. The van der Waals surface area contributed by atoms with Gasteiger partial charge in [0.25, 0.3) is 0 Å². The maximum atomic E-state index is 9.87. The molecule has 0 radical (unpaired) electrons. The number of piperidine rings is 1. The molecule has 5 heteroatoms. The van der Waals surface area contributed by atoms with Crippen molar-refractivity contribution in [2.45, 2.75) is 25.0 Å². The molecule has 5 nitrogen and oxygen atoms in total. The number of β-amino-alcohol motifs (C(OH)–C–C–N with tert-alkyl or cyclic N) is 1. The highest BCUT2D eigenvalue weighted by atomic mass is 16.3. The average Bonchev–Trinajstić information content (AvgIpc) is 2.55. The van der Waals surface area contributed by atoms with Crippen molar-refractivity contribution in [2.75, 3.05) is 19.6 Å². The van der Waals surface area contributed by atoms with E-state index in [2.05, 4.69) is 16.0 Å². The zero-order chi connectivity index (χ0) is 15.5. The van der Waals surface area contributed by atoms with Crippen LogP contribution in [0, 0.1) is 11.3 Å². The Balaban J connectivity index is 1.75. The maximum absolute atomic E-state index is 9.87. The molecule has 0 bridgehead atoms. The molecule has 3 N–H and O–H groups in total. The fourth-order valence-corrected chi connectivity index (χ4v) is 2.99. The van der Waals surface area contributed by atoms with Crippen molar-refractivity contribution in [3.63, 3.8) is 0 Å². The molecule has 22 heavy (non-hydrogen) atoms. The smallest absolute Gasteiger partial charge is 0.0991 e. The third-order valence-corrected chi connectivity index (χ3v) is 4.38. The number of likely N-dealkylation sites (tertiary alicyclic amines) is 1. The molecule has 0 spiro atoms. The SMILES string of the molecule is N#Cc1ccc2nccc(CCN3CCC(N)C(O)C3)c2c1. The molecule has 2 unspecified atom stereocenters. The van der Waals surface area contributed by atoms with Gasteiger partial charge in [-0.15, -0.1) is 0 Å². The number of rotatable bonds is 3. The van der Waals surface area contributed by atoms with E-state index in [9.17, 15) is 5.11 Å². The fraction of sp³-hybridized carbons (Fsp3) is 0.412. The molecule has 2 heterocycles. The highest BCUT2D eigenvalue weighted by Crippen LogP contribution is 2.19. The molecule has 2 atom stereocenters. The summed E-state index contributed by atoms with van der Waals surface area (Å²) in [6.45, 7) is 2.43. The summed E-state index contributed by atoms with van der Waals surface area (Å²) in [5.41, 5.74) is 8.59. The van der Waals surface area contributed by atoms with Gasteiger partial charge in [-0.3, -0.25) is 4.98 Å². The lowest BCUT2D eigenvalue weighted by atomic mass is 10.0. The van der Waals surface area contributed by atoms with Gasteiger partial charge < -0.3 is 15.7 Å². The zero-order valence-electron chi connectivity index (χ0n) is 12.4. The van der Waals surface area contributed by atoms with Crippen molar-refractivity contribution in [3.8, 4) is 6.07 Å². The van der Waals surface area contributed by atoms with E-state index in [-0.39, 0.29) is 6.04 Å². The Labute approximate surface area is 130 Å². The molecule has 114 valence electrons. The number of aliphatic hydroxyl groups is 1. The van der Waals surface area contributed by atoms with E-state index in [1.165, 1.54) is 5.56 Å². The third kappa shape index (κ3) is 3.09. The van der Waals surface area contributed by atoms with E-state index in [4.69, 9.17) is 11.0 Å². The number of nitriles is 1. The summed E-state index contributed by atoms with van der Waals surface area (Å²) >= 11 is 0. The van der Waals surface area contributed by atoms with Crippen LogP contribution in [0.4, 0.5) is 0 Å². The van der Waals surface area contributed by atoms with Crippen LogP contribution in [0.5, 0.6) is 0 Å². The highest BCUT2D eigenvalue weighted by Gasteiger charge is 2.24. The summed E-state index contributed by atoms with van der Waals surface area (Å²) in [5, 5.41) is 20.0. The second-order valence-corrected chi connectivity index (χ2v) is 5.88. The quantitative estimate of drug-likeness (QED) is 0.884. The monoisotopic (exact) mass is 296 g/mol. The fourth-order valence-electron chi connectivity index (χ4n) is 2.99. The van der Waals surface area contributed by atoms with E-state index in [0.717, 1.165) is 36.8 Å². The number of pyridine rings is 1. The van der Waals surface area contributed by atoms with Crippen LogP contribution in [0.1, 0.15) is 17.5 Å². The molecule has 1 aliphatic rings. The second-order valence-electron chi connectivity index (χ2n) is 5.88. The predicted molar refractivity (Wildman–Crippen MR) is 85.2 cm³/mol. The summed E-state index contributed by atoms with van der Waals surface area (Å²) < 4.78 is 0. The van der Waals surface area contributed by atoms with Gasteiger partial charge in [-0.25, -0.2) is 0 Å². The summed E-state index contributed by atoms with van der Waals surface area (Å²) in [6, 6.07) is 9.67. The van der Waals surface area contributed by atoms with E-state index in [0.29, 0.717) is 12.1 Å². The Hall–Kier alpha value is -2.00. The Kier molecular flexibility index (Phi) is 4.34. The van der Waals surface area contributed by atoms with Crippen molar-refractivity contribution in [1.82, 2.24) is 9.88 Å². The predicted octanol–water partition coefficient (Wildman–Crippen LogP) is 1.04. The van der Waals surface area contributed by atoms with Crippen LogP contribution in [0.25, 0.3) is 10.9 Å². The van der Waals surface area contributed by atoms with Gasteiger partial charge in [-0.05, 0) is 49.2 Å². The van der Waals surface area contributed by atoms with Gasteiger partial charge in [-0.2, -0.15) is 5.26 Å². The molecule has 2 aromatic rings. The second kappa shape index (κ2) is 6.41. The first-order valence-electron chi connectivity index (χ1n) is 7.61. The molecule has 1 aromatic carbocycles. The lowest BCUT2D eigenvalue weighted by molar-refractivity contribution is 0.0542. The molecule has 1 aromatic heterocycles. The molecule has 0 amide bonds. The minimum atomic E-state index is -0.437. The van der Waals surface area contributed by atoms with E-state index >= 15 is 0 Å². The minimum Gasteiger partial charge on any atom is -0.390 e. The summed E-state index contributed by atoms with van der Waals surface area (Å²) in [4.78, 5) is 6.60. The van der Waals surface area contributed by atoms with E-state index < -0.39 is 6.10 Å². The van der Waals surface area contributed by atoms with Gasteiger partial charge in [-0.1, -0.05) is 0 Å². The largest absolute Gasteiger partial charge is 0.390 e. The molecule has 3 rings (SSSR count). The lowest BCUT2D eigenvalue weighted by Gasteiger charge is -2.34. The van der Waals surface area contributed by atoms with Crippen LogP contribution >= 0.6 is 0 Å². The number of nitrogens with two attached hydrogens (primary N) is 1. The standard InChI is InChI=1S/C17H20N4O/c18-10-12-1-2-16-14(9-12)13(3-6-20-16)4-7-21-8-5-15(19)17(22)11-21/h1-3,6,9,15,17,22H,4-5,7-8,11,19H2. The number of hydrogen-bond donors (Lipinski definition) is 2. The third-order valence-electron chi connectivity index (χ3n) is 4.38. The van der Waals surface area contributed by atoms with Crippen molar-refractivity contribution in [1.29, 1.82) is 5.26 Å². The minimum absolute atomic E-state index is 0.101. The summed E-state index contributed by atoms with van der Waals surface area (Å²) in [6.07, 6.45) is 3.07. The molecule has 1 aliphatic heterocycles. The lowest BCUT2D eigenvalue weighted by Crippen LogP contribution is -2.50. The van der Waals surface area contributed by atoms with Crippen LogP contribution in [0.2, 0.25) is 0 Å². The van der Waals surface area contributed by atoms with E-state index in [1.807, 2.05) is 24.4 Å². The van der Waals surface area contributed by atoms with Gasteiger partial charge in [0.2, 0.25) is 0 Å². The van der Waals surface area contributed by atoms with Crippen molar-refractivity contribution >= 4 is 10.9 Å². The number of nitrogens with zero attached hydrogens (tertiary/aromatic N) is 3. The van der Waals surface area contributed by atoms with Gasteiger partial charge in [0, 0.05) is 30.7 Å². The van der Waals surface area contributed by atoms with Crippen LogP contribution in [0.15, 0.2) is 30.5 Å². The molecule has 1 saturated heterocycles. The normalized spacial score (nSPS) is 22.6. The molecular formula is C17H20N4O. The Morgan fingerprint density at radius 1 is 1.41 bits per heavy atom. The van der Waals surface area contributed by atoms with Gasteiger partial charge in [0.15, 0.2) is 0 Å². The molecule has 0 aliphatic carbocycles. The first-order chi connectivity index (χ1) is 10.7. The van der Waals surface area contributed by atoms with Gasteiger partial charge in [0.1, 0.15) is 0 Å². The first-order valence-corrected chi connectivity index (χ1v) is 7.61. The zero-order valence-corrected chi connectivity index (χ0v) is 12.4. The summed E-state index contributed by atoms with van der Waals surface area (Å²) in [7, 11) is 0. The van der Waals surface area contributed by atoms with Crippen LogP contribution < -0.4 is 5.73 Å². The van der Waals surface area contributed by atoms with Crippen molar-refractivity contribution < 1.29 is 5.11 Å². The average molecular weight is 296 g/mol. The molecule has 0 saturated carbocycles. The Morgan fingerprint density at radius 3 is 3.05 bits per heavy atom. The number of hydrogen-bond acceptors (Lipinski definition) is 5. The van der Waals surface area contributed by atoms with Crippen LogP contribution in [-0.2, 0) is 6.42 Å². The van der Waals surface area contributed by atoms with Gasteiger partial charge >= 0.3 is 0 Å². The number of fused-ring (bicyclic) bond motifs is 1. The van der Waals surface area contributed by atoms with E-state index in [1.54, 1.807) is 6.07 Å². The molecule has 1 fully saturated rings.